The largest absolute Gasteiger partial charge is 0.385 e. The van der Waals surface area contributed by atoms with Crippen LogP contribution in [0.2, 0.25) is 0 Å². The fraction of sp³-hybridized carbons (Fsp3) is 0.250. The van der Waals surface area contributed by atoms with Gasteiger partial charge in [0, 0.05) is 25.1 Å². The van der Waals surface area contributed by atoms with E-state index < -0.39 is 25.0 Å². The Bertz CT molecular complexity index is 557. The number of aromatic nitrogens is 3. The maximum Gasteiger partial charge on any atom is 0.265 e. The van der Waals surface area contributed by atoms with Crippen molar-refractivity contribution in [3.63, 3.8) is 0 Å². The summed E-state index contributed by atoms with van der Waals surface area (Å²) in [5.41, 5.74) is 0.218. The van der Waals surface area contributed by atoms with Crippen LogP contribution in [0.25, 0.3) is 5.82 Å². The first kappa shape index (κ1) is 14.1. The van der Waals surface area contributed by atoms with Gasteiger partial charge in [0.25, 0.3) is 12.3 Å². The second kappa shape index (κ2) is 6.20. The van der Waals surface area contributed by atoms with E-state index in [0.717, 1.165) is 0 Å². The van der Waals surface area contributed by atoms with Crippen LogP contribution >= 0.6 is 0 Å². The molecular weight excluding hydrogens is 270 g/mol. The number of halogens is 2. The molecule has 2 N–H and O–H groups in total. The maximum absolute atomic E-state index is 12.1. The minimum atomic E-state index is -2.89. The minimum Gasteiger partial charge on any atom is -0.385 e. The van der Waals surface area contributed by atoms with Crippen molar-refractivity contribution in [3.05, 3.63) is 42.6 Å². The normalized spacial score (nSPS) is 12.4. The molecule has 0 saturated heterocycles. The van der Waals surface area contributed by atoms with E-state index in [2.05, 4.69) is 15.3 Å². The van der Waals surface area contributed by atoms with Crippen molar-refractivity contribution >= 4 is 5.91 Å². The predicted octanol–water partition coefficient (Wildman–Crippen LogP) is 0.623. The van der Waals surface area contributed by atoms with Crippen molar-refractivity contribution in [2.75, 3.05) is 6.54 Å². The molecule has 1 unspecified atom stereocenters. The molecule has 0 aromatic carbocycles. The van der Waals surface area contributed by atoms with Crippen molar-refractivity contribution in [2.45, 2.75) is 12.5 Å². The number of pyridine rings is 1. The summed E-state index contributed by atoms with van der Waals surface area (Å²) in [4.78, 5) is 19.6. The highest BCUT2D eigenvalue weighted by Gasteiger charge is 2.17. The first-order chi connectivity index (χ1) is 9.58. The summed E-state index contributed by atoms with van der Waals surface area (Å²) in [5.74, 6) is 0.000969. The Labute approximate surface area is 113 Å². The number of carbonyl (C=O) groups excluding carboxylic acids is 1. The molecule has 0 aliphatic carbocycles. The van der Waals surface area contributed by atoms with Crippen LogP contribution in [0.3, 0.4) is 0 Å². The number of hydrogen-bond donors (Lipinski definition) is 2. The molecule has 106 valence electrons. The van der Waals surface area contributed by atoms with E-state index in [1.807, 2.05) is 0 Å². The van der Waals surface area contributed by atoms with Gasteiger partial charge in [-0.15, -0.1) is 0 Å². The van der Waals surface area contributed by atoms with Crippen molar-refractivity contribution in [2.24, 2.45) is 0 Å². The van der Waals surface area contributed by atoms with Crippen molar-refractivity contribution in [1.82, 2.24) is 19.9 Å². The molecule has 2 aromatic rings. The summed E-state index contributed by atoms with van der Waals surface area (Å²) < 4.78 is 25.8. The Kier molecular flexibility index (Phi) is 4.36. The molecule has 0 saturated carbocycles. The fourth-order valence-corrected chi connectivity index (χ4v) is 1.46. The monoisotopic (exact) mass is 282 g/mol. The van der Waals surface area contributed by atoms with Gasteiger partial charge in [0.1, 0.15) is 18.2 Å². The lowest BCUT2D eigenvalue weighted by Crippen LogP contribution is -2.35. The number of aliphatic hydroxyl groups is 1. The number of aliphatic hydroxyl groups excluding tert-OH is 1. The zero-order valence-electron chi connectivity index (χ0n) is 10.3. The van der Waals surface area contributed by atoms with Gasteiger partial charge in [-0.1, -0.05) is 0 Å². The number of nitrogens with zero attached hydrogens (tertiary/aromatic N) is 3. The Morgan fingerprint density at radius 1 is 1.45 bits per heavy atom. The van der Waals surface area contributed by atoms with Crippen molar-refractivity contribution in [3.8, 4) is 5.82 Å². The third kappa shape index (κ3) is 3.35. The molecule has 8 heteroatoms. The van der Waals surface area contributed by atoms with E-state index in [0.29, 0.717) is 5.82 Å². The highest BCUT2D eigenvalue weighted by Crippen LogP contribution is 2.06. The average Bonchev–Trinajstić information content (AvgIpc) is 2.98. The van der Waals surface area contributed by atoms with E-state index in [9.17, 15) is 13.6 Å². The summed E-state index contributed by atoms with van der Waals surface area (Å²) >= 11 is 0. The number of hydrogen-bond acceptors (Lipinski definition) is 4. The number of amides is 1. The Morgan fingerprint density at radius 3 is 2.80 bits per heavy atom. The Balaban J connectivity index is 1.98. The van der Waals surface area contributed by atoms with E-state index in [4.69, 9.17) is 5.11 Å². The van der Waals surface area contributed by atoms with Gasteiger partial charge in [-0.2, -0.15) is 0 Å². The second-order valence-electron chi connectivity index (χ2n) is 3.99. The molecule has 2 aromatic heterocycles. The van der Waals surface area contributed by atoms with Gasteiger partial charge in [0.05, 0.1) is 5.56 Å². The van der Waals surface area contributed by atoms with Crippen LogP contribution in [-0.4, -0.2) is 44.6 Å². The predicted molar refractivity (Wildman–Crippen MR) is 65.7 cm³/mol. The third-order valence-electron chi connectivity index (χ3n) is 2.54. The quantitative estimate of drug-likeness (QED) is 0.842. The van der Waals surface area contributed by atoms with Gasteiger partial charge < -0.3 is 10.4 Å². The maximum atomic E-state index is 12.1. The van der Waals surface area contributed by atoms with Crippen LogP contribution in [0.1, 0.15) is 10.4 Å². The standard InChI is InChI=1S/C12H12F2N4O2/c13-11(14)9(19)6-17-12(20)8-1-2-10(16-5-8)18-4-3-15-7-18/h1-5,7,9,11,19H,6H2,(H,17,20). The van der Waals surface area contributed by atoms with Gasteiger partial charge in [0.2, 0.25) is 0 Å². The molecule has 0 aliphatic rings. The number of nitrogens with one attached hydrogen (secondary N) is 1. The zero-order valence-corrected chi connectivity index (χ0v) is 10.3. The SMILES string of the molecule is O=C(NCC(O)C(F)F)c1ccc(-n2ccnc2)nc1. The number of imidazole rings is 1. The van der Waals surface area contributed by atoms with Crippen LogP contribution in [-0.2, 0) is 0 Å². The van der Waals surface area contributed by atoms with E-state index in [1.165, 1.54) is 12.3 Å². The third-order valence-corrected chi connectivity index (χ3v) is 2.54. The summed E-state index contributed by atoms with van der Waals surface area (Å²) in [6.07, 6.45) is 1.39. The number of rotatable bonds is 5. The van der Waals surface area contributed by atoms with Crippen molar-refractivity contribution in [1.29, 1.82) is 0 Å². The molecule has 0 spiro atoms. The molecular formula is C12H12F2N4O2. The van der Waals surface area contributed by atoms with Crippen LogP contribution in [0.15, 0.2) is 37.1 Å². The second-order valence-corrected chi connectivity index (χ2v) is 3.99. The van der Waals surface area contributed by atoms with Crippen LogP contribution < -0.4 is 5.32 Å². The summed E-state index contributed by atoms with van der Waals surface area (Å²) in [6.45, 7) is -0.514. The Morgan fingerprint density at radius 2 is 2.25 bits per heavy atom. The van der Waals surface area contributed by atoms with E-state index in [-0.39, 0.29) is 5.56 Å². The number of carbonyl (C=O) groups is 1. The molecule has 1 amide bonds. The topological polar surface area (TPSA) is 80.0 Å². The fourth-order valence-electron chi connectivity index (χ4n) is 1.46. The van der Waals surface area contributed by atoms with Gasteiger partial charge in [0.15, 0.2) is 0 Å². The molecule has 2 rings (SSSR count). The van der Waals surface area contributed by atoms with Crippen LogP contribution in [0, 0.1) is 0 Å². The minimum absolute atomic E-state index is 0.218. The van der Waals surface area contributed by atoms with Gasteiger partial charge >= 0.3 is 0 Å². The highest BCUT2D eigenvalue weighted by molar-refractivity contribution is 5.93. The summed E-state index contributed by atoms with van der Waals surface area (Å²) in [6, 6.07) is 3.10. The molecule has 0 fully saturated rings. The van der Waals surface area contributed by atoms with Crippen LogP contribution in [0.5, 0.6) is 0 Å². The van der Waals surface area contributed by atoms with Crippen LogP contribution in [0.4, 0.5) is 8.78 Å². The molecule has 0 radical (unpaired) electrons. The average molecular weight is 282 g/mol. The van der Waals surface area contributed by atoms with Gasteiger partial charge in [-0.3, -0.25) is 9.36 Å². The first-order valence-corrected chi connectivity index (χ1v) is 5.76. The van der Waals surface area contributed by atoms with Gasteiger partial charge in [-0.05, 0) is 12.1 Å². The Hall–Kier alpha value is -2.35. The smallest absolute Gasteiger partial charge is 0.265 e. The lowest BCUT2D eigenvalue weighted by molar-refractivity contribution is -0.00270. The molecule has 2 heterocycles. The zero-order chi connectivity index (χ0) is 14.5. The molecule has 6 nitrogen and oxygen atoms in total. The first-order valence-electron chi connectivity index (χ1n) is 5.76. The lowest BCUT2D eigenvalue weighted by atomic mass is 10.2. The lowest BCUT2D eigenvalue weighted by Gasteiger charge is -2.10. The molecule has 0 aliphatic heterocycles. The molecule has 0 bridgehead atoms. The van der Waals surface area contributed by atoms with E-state index >= 15 is 0 Å². The highest BCUT2D eigenvalue weighted by atomic mass is 19.3. The van der Waals surface area contributed by atoms with E-state index in [1.54, 1.807) is 29.4 Å². The molecule has 20 heavy (non-hydrogen) atoms. The summed E-state index contributed by atoms with van der Waals surface area (Å²) in [7, 11) is 0. The summed E-state index contributed by atoms with van der Waals surface area (Å²) in [5, 5.41) is 11.1. The van der Waals surface area contributed by atoms with Gasteiger partial charge in [-0.25, -0.2) is 18.7 Å². The number of alkyl halides is 2. The van der Waals surface area contributed by atoms with Crippen molar-refractivity contribution < 1.29 is 18.7 Å². The molecule has 1 atom stereocenters.